The Morgan fingerprint density at radius 2 is 1.94 bits per heavy atom. The molecule has 0 aliphatic heterocycles. The summed E-state index contributed by atoms with van der Waals surface area (Å²) < 4.78 is 5.76. The van der Waals surface area contributed by atoms with Crippen molar-refractivity contribution < 1.29 is 4.74 Å². The highest BCUT2D eigenvalue weighted by molar-refractivity contribution is 5.41. The van der Waals surface area contributed by atoms with Gasteiger partial charge in [-0.3, -0.25) is 0 Å². The van der Waals surface area contributed by atoms with Gasteiger partial charge in [0.15, 0.2) is 0 Å². The topological polar surface area (TPSA) is 21.3 Å². The maximum absolute atomic E-state index is 5.76. The summed E-state index contributed by atoms with van der Waals surface area (Å²) in [5.41, 5.74) is 2.76. The van der Waals surface area contributed by atoms with Crippen LogP contribution >= 0.6 is 0 Å². The van der Waals surface area contributed by atoms with Crippen molar-refractivity contribution in [2.24, 2.45) is 0 Å². The van der Waals surface area contributed by atoms with Crippen LogP contribution in [0.15, 0.2) is 18.2 Å². The van der Waals surface area contributed by atoms with Gasteiger partial charge in [0.1, 0.15) is 5.75 Å². The molecule has 1 aromatic rings. The van der Waals surface area contributed by atoms with Crippen LogP contribution in [0.25, 0.3) is 0 Å². The molecular weight excluding hydrogens is 222 g/mol. The van der Waals surface area contributed by atoms with Crippen LogP contribution in [0.2, 0.25) is 0 Å². The van der Waals surface area contributed by atoms with Gasteiger partial charge < -0.3 is 10.1 Å². The van der Waals surface area contributed by atoms with Gasteiger partial charge in [0.2, 0.25) is 0 Å². The molecule has 0 aliphatic carbocycles. The molecule has 0 bridgehead atoms. The van der Waals surface area contributed by atoms with E-state index in [0.29, 0.717) is 0 Å². The van der Waals surface area contributed by atoms with E-state index in [4.69, 9.17) is 4.74 Å². The molecule has 0 heterocycles. The van der Waals surface area contributed by atoms with Gasteiger partial charge in [-0.25, -0.2) is 0 Å². The van der Waals surface area contributed by atoms with E-state index in [1.165, 1.54) is 11.1 Å². The number of ether oxygens (including phenoxy) is 1. The number of aryl methyl sites for hydroxylation is 1. The van der Waals surface area contributed by atoms with Crippen LogP contribution < -0.4 is 10.1 Å². The molecule has 0 unspecified atom stereocenters. The van der Waals surface area contributed by atoms with Gasteiger partial charge in [-0.05, 0) is 44.8 Å². The number of benzene rings is 1. The lowest BCUT2D eigenvalue weighted by molar-refractivity contribution is 0.324. The number of hydrogen-bond donors (Lipinski definition) is 1. The van der Waals surface area contributed by atoms with E-state index >= 15 is 0 Å². The van der Waals surface area contributed by atoms with E-state index in [0.717, 1.165) is 31.9 Å². The van der Waals surface area contributed by atoms with Crippen molar-refractivity contribution in [2.75, 3.05) is 19.7 Å². The molecule has 0 aromatic heterocycles. The molecule has 1 rings (SSSR count). The Hall–Kier alpha value is -1.02. The van der Waals surface area contributed by atoms with Crippen LogP contribution in [0, 0.1) is 6.92 Å². The van der Waals surface area contributed by atoms with Gasteiger partial charge in [0, 0.05) is 5.56 Å². The van der Waals surface area contributed by atoms with Crippen molar-refractivity contribution in [1.82, 2.24) is 5.32 Å². The predicted molar refractivity (Wildman–Crippen MR) is 78.5 cm³/mol. The van der Waals surface area contributed by atoms with Gasteiger partial charge in [0.05, 0.1) is 6.61 Å². The average Bonchev–Trinajstić information content (AvgIpc) is 2.32. The molecule has 0 amide bonds. The fourth-order valence-electron chi connectivity index (χ4n) is 2.17. The highest BCUT2D eigenvalue weighted by Gasteiger charge is 2.24. The quantitative estimate of drug-likeness (QED) is 0.744. The third kappa shape index (κ3) is 4.02. The lowest BCUT2D eigenvalue weighted by atomic mass is 9.80. The third-order valence-electron chi connectivity index (χ3n) is 3.34. The van der Waals surface area contributed by atoms with Crippen molar-refractivity contribution >= 4 is 0 Å². The van der Waals surface area contributed by atoms with E-state index in [2.05, 4.69) is 51.2 Å². The molecular formula is C16H27NO. The Morgan fingerprint density at radius 1 is 1.22 bits per heavy atom. The normalized spacial score (nSPS) is 11.6. The van der Waals surface area contributed by atoms with Crippen molar-refractivity contribution in [2.45, 2.75) is 46.5 Å². The van der Waals surface area contributed by atoms with E-state index in [9.17, 15) is 0 Å². The molecule has 0 fully saturated rings. The van der Waals surface area contributed by atoms with E-state index in [1.54, 1.807) is 0 Å². The highest BCUT2D eigenvalue weighted by atomic mass is 16.5. The summed E-state index contributed by atoms with van der Waals surface area (Å²) in [4.78, 5) is 0. The molecule has 0 saturated heterocycles. The second-order valence-corrected chi connectivity index (χ2v) is 5.42. The van der Waals surface area contributed by atoms with E-state index < -0.39 is 0 Å². The van der Waals surface area contributed by atoms with Crippen molar-refractivity contribution in [3.8, 4) is 5.75 Å². The van der Waals surface area contributed by atoms with Crippen LogP contribution in [-0.2, 0) is 5.41 Å². The molecule has 0 spiro atoms. The third-order valence-corrected chi connectivity index (χ3v) is 3.34. The highest BCUT2D eigenvalue weighted by Crippen LogP contribution is 2.34. The van der Waals surface area contributed by atoms with Gasteiger partial charge in [-0.1, -0.05) is 38.5 Å². The lowest BCUT2D eigenvalue weighted by Gasteiger charge is -2.28. The van der Waals surface area contributed by atoms with E-state index in [-0.39, 0.29) is 5.41 Å². The maximum Gasteiger partial charge on any atom is 0.123 e. The zero-order valence-corrected chi connectivity index (χ0v) is 12.5. The Labute approximate surface area is 112 Å². The summed E-state index contributed by atoms with van der Waals surface area (Å²) >= 11 is 0. The Balaban J connectivity index is 2.93. The van der Waals surface area contributed by atoms with Crippen LogP contribution in [0.4, 0.5) is 0 Å². The van der Waals surface area contributed by atoms with Crippen LogP contribution in [0.1, 0.15) is 45.2 Å². The Kier molecular flexibility index (Phi) is 5.67. The minimum Gasteiger partial charge on any atom is -0.494 e. The van der Waals surface area contributed by atoms with Gasteiger partial charge in [-0.2, -0.15) is 0 Å². The molecule has 18 heavy (non-hydrogen) atoms. The molecule has 0 saturated carbocycles. The summed E-state index contributed by atoms with van der Waals surface area (Å²) in [6, 6.07) is 6.48. The molecule has 0 aliphatic rings. The van der Waals surface area contributed by atoms with Crippen molar-refractivity contribution in [1.29, 1.82) is 0 Å². The lowest BCUT2D eigenvalue weighted by Crippen LogP contribution is -2.26. The van der Waals surface area contributed by atoms with Gasteiger partial charge >= 0.3 is 0 Å². The van der Waals surface area contributed by atoms with Crippen LogP contribution in [-0.4, -0.2) is 19.7 Å². The maximum atomic E-state index is 5.76. The molecule has 0 radical (unpaired) electrons. The van der Waals surface area contributed by atoms with E-state index in [1.807, 2.05) is 6.92 Å². The number of rotatable bonds is 7. The first-order valence-electron chi connectivity index (χ1n) is 6.96. The second-order valence-electron chi connectivity index (χ2n) is 5.42. The first-order valence-corrected chi connectivity index (χ1v) is 6.96. The fraction of sp³-hybridized carbons (Fsp3) is 0.625. The van der Waals surface area contributed by atoms with Crippen molar-refractivity contribution in [3.63, 3.8) is 0 Å². The number of nitrogens with one attached hydrogen (secondary N) is 1. The number of hydrogen-bond acceptors (Lipinski definition) is 2. The zero-order chi connectivity index (χ0) is 13.6. The standard InChI is InChI=1S/C16H27NO/c1-6-17-11-10-16(4,5)14-12-13(3)8-9-15(14)18-7-2/h8-9,12,17H,6-7,10-11H2,1-5H3. The minimum atomic E-state index is 0.138. The van der Waals surface area contributed by atoms with Crippen LogP contribution in [0.3, 0.4) is 0 Å². The smallest absolute Gasteiger partial charge is 0.123 e. The Morgan fingerprint density at radius 3 is 2.56 bits per heavy atom. The van der Waals surface area contributed by atoms with Crippen molar-refractivity contribution in [3.05, 3.63) is 29.3 Å². The first-order chi connectivity index (χ1) is 8.51. The summed E-state index contributed by atoms with van der Waals surface area (Å²) in [5, 5.41) is 3.40. The summed E-state index contributed by atoms with van der Waals surface area (Å²) in [6.45, 7) is 13.7. The van der Waals surface area contributed by atoms with Crippen LogP contribution in [0.5, 0.6) is 5.75 Å². The molecule has 102 valence electrons. The molecule has 2 nitrogen and oxygen atoms in total. The molecule has 1 N–H and O–H groups in total. The molecule has 2 heteroatoms. The fourth-order valence-corrected chi connectivity index (χ4v) is 2.17. The minimum absolute atomic E-state index is 0.138. The SMILES string of the molecule is CCNCCC(C)(C)c1cc(C)ccc1OCC. The monoisotopic (exact) mass is 249 g/mol. The van der Waals surface area contributed by atoms with Gasteiger partial charge in [-0.15, -0.1) is 0 Å². The summed E-state index contributed by atoms with van der Waals surface area (Å²) in [5.74, 6) is 1.03. The second kappa shape index (κ2) is 6.79. The molecule has 0 atom stereocenters. The summed E-state index contributed by atoms with van der Waals surface area (Å²) in [7, 11) is 0. The first kappa shape index (κ1) is 15.0. The predicted octanol–water partition coefficient (Wildman–Crippen LogP) is 3.67. The Bertz CT molecular complexity index is 371. The largest absolute Gasteiger partial charge is 0.494 e. The summed E-state index contributed by atoms with van der Waals surface area (Å²) in [6.07, 6.45) is 1.12. The zero-order valence-electron chi connectivity index (χ0n) is 12.5. The van der Waals surface area contributed by atoms with Gasteiger partial charge in [0.25, 0.3) is 0 Å². The molecule has 1 aromatic carbocycles. The average molecular weight is 249 g/mol.